The summed E-state index contributed by atoms with van der Waals surface area (Å²) in [6.45, 7) is 6.42. The third kappa shape index (κ3) is 2.58. The van der Waals surface area contributed by atoms with Crippen LogP contribution in [-0.2, 0) is 5.41 Å². The summed E-state index contributed by atoms with van der Waals surface area (Å²) in [6.07, 6.45) is 2.02. The monoisotopic (exact) mass is 283 g/mol. The maximum Gasteiger partial charge on any atom is 0.272 e. The number of rotatable bonds is 2. The number of aromatic nitrogens is 2. The third-order valence-corrected chi connectivity index (χ3v) is 4.37. The van der Waals surface area contributed by atoms with Crippen LogP contribution in [0.3, 0.4) is 0 Å². The average molecular weight is 283 g/mol. The molecule has 2 aromatic rings. The van der Waals surface area contributed by atoms with Crippen LogP contribution < -0.4 is 5.32 Å². The second-order valence-electron chi connectivity index (χ2n) is 6.47. The SMILES string of the molecule is Cc1cc(C(=O)NC2CCC(C)(C)c3ccccc32)n[nH]1. The van der Waals surface area contributed by atoms with Crippen molar-refractivity contribution in [2.45, 2.75) is 45.1 Å². The first-order valence-corrected chi connectivity index (χ1v) is 7.40. The number of benzene rings is 1. The van der Waals surface area contributed by atoms with E-state index in [1.807, 2.05) is 13.0 Å². The van der Waals surface area contributed by atoms with Crippen molar-refractivity contribution in [3.63, 3.8) is 0 Å². The number of hydrogen-bond donors (Lipinski definition) is 2. The van der Waals surface area contributed by atoms with Gasteiger partial charge in [0.15, 0.2) is 0 Å². The van der Waals surface area contributed by atoms with Crippen molar-refractivity contribution >= 4 is 5.91 Å². The molecule has 1 aromatic carbocycles. The normalized spacial score (nSPS) is 19.9. The van der Waals surface area contributed by atoms with Gasteiger partial charge in [-0.3, -0.25) is 9.89 Å². The topological polar surface area (TPSA) is 57.8 Å². The van der Waals surface area contributed by atoms with E-state index in [2.05, 4.69) is 47.6 Å². The molecule has 3 rings (SSSR count). The highest BCUT2D eigenvalue weighted by molar-refractivity contribution is 5.92. The molecule has 1 heterocycles. The lowest BCUT2D eigenvalue weighted by molar-refractivity contribution is 0.0924. The van der Waals surface area contributed by atoms with E-state index in [1.165, 1.54) is 11.1 Å². The predicted molar refractivity (Wildman–Crippen MR) is 82.2 cm³/mol. The zero-order chi connectivity index (χ0) is 15.0. The Morgan fingerprint density at radius 1 is 1.38 bits per heavy atom. The molecule has 4 nitrogen and oxygen atoms in total. The average Bonchev–Trinajstić information content (AvgIpc) is 2.89. The lowest BCUT2D eigenvalue weighted by Gasteiger charge is -2.37. The summed E-state index contributed by atoms with van der Waals surface area (Å²) in [5.41, 5.74) is 4.08. The quantitative estimate of drug-likeness (QED) is 0.888. The van der Waals surface area contributed by atoms with Crippen LogP contribution >= 0.6 is 0 Å². The summed E-state index contributed by atoms with van der Waals surface area (Å²) in [5.74, 6) is -0.112. The van der Waals surface area contributed by atoms with E-state index in [4.69, 9.17) is 0 Å². The fraction of sp³-hybridized carbons (Fsp3) is 0.412. The number of carbonyl (C=O) groups is 1. The van der Waals surface area contributed by atoms with Crippen LogP contribution in [-0.4, -0.2) is 16.1 Å². The molecule has 0 saturated carbocycles. The molecule has 0 radical (unpaired) electrons. The molecule has 0 saturated heterocycles. The minimum atomic E-state index is -0.112. The van der Waals surface area contributed by atoms with Crippen molar-refractivity contribution < 1.29 is 4.79 Å². The first kappa shape index (κ1) is 13.9. The molecule has 0 fully saturated rings. The second kappa shape index (κ2) is 5.02. The van der Waals surface area contributed by atoms with Crippen molar-refractivity contribution in [1.29, 1.82) is 0 Å². The number of H-pyrrole nitrogens is 1. The Morgan fingerprint density at radius 3 is 2.86 bits per heavy atom. The van der Waals surface area contributed by atoms with Crippen LogP contribution in [0.1, 0.15) is 60.0 Å². The molecule has 4 heteroatoms. The van der Waals surface area contributed by atoms with Crippen molar-refractivity contribution in [1.82, 2.24) is 15.5 Å². The summed E-state index contributed by atoms with van der Waals surface area (Å²) in [5, 5.41) is 9.96. The van der Waals surface area contributed by atoms with E-state index in [0.29, 0.717) is 5.69 Å². The second-order valence-corrected chi connectivity index (χ2v) is 6.47. The van der Waals surface area contributed by atoms with Crippen LogP contribution in [0.25, 0.3) is 0 Å². The van der Waals surface area contributed by atoms with Gasteiger partial charge in [-0.25, -0.2) is 0 Å². The Bertz CT molecular complexity index is 672. The van der Waals surface area contributed by atoms with Crippen LogP contribution in [0.4, 0.5) is 0 Å². The molecule has 1 aliphatic carbocycles. The van der Waals surface area contributed by atoms with E-state index in [1.54, 1.807) is 6.07 Å². The van der Waals surface area contributed by atoms with E-state index in [9.17, 15) is 4.79 Å². The van der Waals surface area contributed by atoms with Gasteiger partial charge >= 0.3 is 0 Å². The molecule has 1 amide bonds. The first-order chi connectivity index (χ1) is 9.97. The smallest absolute Gasteiger partial charge is 0.272 e. The summed E-state index contributed by atoms with van der Waals surface area (Å²) in [6, 6.07) is 10.2. The first-order valence-electron chi connectivity index (χ1n) is 7.40. The summed E-state index contributed by atoms with van der Waals surface area (Å²) in [7, 11) is 0. The van der Waals surface area contributed by atoms with Gasteiger partial charge in [0.2, 0.25) is 0 Å². The molecule has 110 valence electrons. The fourth-order valence-electron chi connectivity index (χ4n) is 3.13. The van der Waals surface area contributed by atoms with Gasteiger partial charge in [-0.2, -0.15) is 5.10 Å². The zero-order valence-corrected chi connectivity index (χ0v) is 12.7. The maximum atomic E-state index is 12.3. The summed E-state index contributed by atoms with van der Waals surface area (Å²) < 4.78 is 0. The number of aryl methyl sites for hydroxylation is 1. The number of carbonyl (C=O) groups excluding carboxylic acids is 1. The number of amides is 1. The standard InChI is InChI=1S/C17H21N3O/c1-11-10-15(20-19-11)16(21)18-14-8-9-17(2,3)13-7-5-4-6-12(13)14/h4-7,10,14H,8-9H2,1-3H3,(H,18,21)(H,19,20). The van der Waals surface area contributed by atoms with Crippen molar-refractivity contribution in [2.24, 2.45) is 0 Å². The zero-order valence-electron chi connectivity index (χ0n) is 12.7. The van der Waals surface area contributed by atoms with Crippen molar-refractivity contribution in [3.05, 3.63) is 52.8 Å². The van der Waals surface area contributed by atoms with Gasteiger partial charge in [-0.1, -0.05) is 38.1 Å². The number of aromatic amines is 1. The van der Waals surface area contributed by atoms with Gasteiger partial charge in [0.1, 0.15) is 5.69 Å². The van der Waals surface area contributed by atoms with E-state index >= 15 is 0 Å². The van der Waals surface area contributed by atoms with Crippen LogP contribution in [0, 0.1) is 6.92 Å². The lowest BCUT2D eigenvalue weighted by Crippen LogP contribution is -2.35. The third-order valence-electron chi connectivity index (χ3n) is 4.37. The molecular formula is C17H21N3O. The van der Waals surface area contributed by atoms with Crippen LogP contribution in [0.5, 0.6) is 0 Å². The van der Waals surface area contributed by atoms with Crippen molar-refractivity contribution in [3.8, 4) is 0 Å². The molecule has 1 atom stereocenters. The predicted octanol–water partition coefficient (Wildman–Crippen LogP) is 3.26. The highest BCUT2D eigenvalue weighted by Crippen LogP contribution is 2.41. The van der Waals surface area contributed by atoms with E-state index in [-0.39, 0.29) is 17.4 Å². The van der Waals surface area contributed by atoms with Gasteiger partial charge in [-0.15, -0.1) is 0 Å². The Balaban J connectivity index is 1.86. The Hall–Kier alpha value is -2.10. The largest absolute Gasteiger partial charge is 0.344 e. The molecule has 2 N–H and O–H groups in total. The van der Waals surface area contributed by atoms with Crippen molar-refractivity contribution in [2.75, 3.05) is 0 Å². The Labute approximate surface area is 125 Å². The number of hydrogen-bond acceptors (Lipinski definition) is 2. The number of nitrogens with one attached hydrogen (secondary N) is 2. The van der Waals surface area contributed by atoms with E-state index < -0.39 is 0 Å². The molecule has 0 aliphatic heterocycles. The highest BCUT2D eigenvalue weighted by Gasteiger charge is 2.33. The fourth-order valence-corrected chi connectivity index (χ4v) is 3.13. The van der Waals surface area contributed by atoms with Gasteiger partial charge < -0.3 is 5.32 Å². The van der Waals surface area contributed by atoms with Crippen LogP contribution in [0.15, 0.2) is 30.3 Å². The van der Waals surface area contributed by atoms with Gasteiger partial charge in [0.25, 0.3) is 5.91 Å². The van der Waals surface area contributed by atoms with Gasteiger partial charge in [0, 0.05) is 5.69 Å². The van der Waals surface area contributed by atoms with Gasteiger partial charge in [0.05, 0.1) is 6.04 Å². The number of nitrogens with zero attached hydrogens (tertiary/aromatic N) is 1. The molecular weight excluding hydrogens is 262 g/mol. The molecule has 0 spiro atoms. The minimum absolute atomic E-state index is 0.0683. The Morgan fingerprint density at radius 2 is 2.14 bits per heavy atom. The number of fused-ring (bicyclic) bond motifs is 1. The minimum Gasteiger partial charge on any atom is -0.344 e. The lowest BCUT2D eigenvalue weighted by atomic mass is 9.71. The highest BCUT2D eigenvalue weighted by atomic mass is 16.2. The molecule has 1 unspecified atom stereocenters. The maximum absolute atomic E-state index is 12.3. The summed E-state index contributed by atoms with van der Waals surface area (Å²) in [4.78, 5) is 12.3. The molecule has 1 aromatic heterocycles. The molecule has 21 heavy (non-hydrogen) atoms. The van der Waals surface area contributed by atoms with E-state index in [0.717, 1.165) is 18.5 Å². The Kier molecular flexibility index (Phi) is 3.32. The molecule has 0 bridgehead atoms. The van der Waals surface area contributed by atoms with Gasteiger partial charge in [-0.05, 0) is 42.4 Å². The van der Waals surface area contributed by atoms with Crippen LogP contribution in [0.2, 0.25) is 0 Å². The molecule has 1 aliphatic rings. The summed E-state index contributed by atoms with van der Waals surface area (Å²) >= 11 is 0.